The summed E-state index contributed by atoms with van der Waals surface area (Å²) in [5.41, 5.74) is 3.03. The van der Waals surface area contributed by atoms with Crippen molar-refractivity contribution in [2.45, 2.75) is 13.5 Å². The zero-order chi connectivity index (χ0) is 17.9. The van der Waals surface area contributed by atoms with E-state index >= 15 is 0 Å². The van der Waals surface area contributed by atoms with Crippen LogP contribution in [-0.4, -0.2) is 30.6 Å². The molecule has 0 atom stereocenters. The van der Waals surface area contributed by atoms with Gasteiger partial charge in [0.1, 0.15) is 5.69 Å². The first-order chi connectivity index (χ1) is 12.7. The lowest BCUT2D eigenvalue weighted by Crippen LogP contribution is -2.15. The number of para-hydroxylation sites is 1. The lowest BCUT2D eigenvalue weighted by Gasteiger charge is -2.06. The van der Waals surface area contributed by atoms with Crippen molar-refractivity contribution in [1.82, 2.24) is 24.7 Å². The van der Waals surface area contributed by atoms with Crippen molar-refractivity contribution in [2.75, 3.05) is 5.32 Å². The van der Waals surface area contributed by atoms with Gasteiger partial charge in [-0.25, -0.2) is 4.98 Å². The van der Waals surface area contributed by atoms with Crippen LogP contribution in [0.5, 0.6) is 0 Å². The van der Waals surface area contributed by atoms with Gasteiger partial charge in [0.05, 0.1) is 24.0 Å². The second-order valence-electron chi connectivity index (χ2n) is 5.89. The smallest absolute Gasteiger partial charge is 0.277 e. The average molecular weight is 344 g/mol. The van der Waals surface area contributed by atoms with Crippen LogP contribution in [-0.2, 0) is 6.54 Å². The maximum Gasteiger partial charge on any atom is 0.277 e. The summed E-state index contributed by atoms with van der Waals surface area (Å²) in [6, 6.07) is 11.8. The Balaban J connectivity index is 1.51. The van der Waals surface area contributed by atoms with E-state index in [1.165, 1.54) is 6.20 Å². The molecule has 7 nitrogen and oxygen atoms in total. The normalized spacial score (nSPS) is 10.8. The molecule has 0 radical (unpaired) electrons. The van der Waals surface area contributed by atoms with Crippen LogP contribution in [0.15, 0.2) is 61.2 Å². The zero-order valence-corrected chi connectivity index (χ0v) is 14.1. The minimum Gasteiger partial charge on any atom is -0.304 e. The molecule has 128 valence electrons. The van der Waals surface area contributed by atoms with Gasteiger partial charge in [0.15, 0.2) is 5.82 Å². The number of aryl methyl sites for hydroxylation is 1. The summed E-state index contributed by atoms with van der Waals surface area (Å²) in [7, 11) is 0. The quantitative estimate of drug-likeness (QED) is 0.615. The second kappa shape index (κ2) is 6.72. The fourth-order valence-corrected chi connectivity index (χ4v) is 2.68. The summed E-state index contributed by atoms with van der Waals surface area (Å²) >= 11 is 0. The van der Waals surface area contributed by atoms with Crippen molar-refractivity contribution in [3.8, 4) is 0 Å². The molecule has 0 bridgehead atoms. The molecule has 7 heteroatoms. The van der Waals surface area contributed by atoms with E-state index in [1.807, 2.05) is 43.5 Å². The molecule has 0 aliphatic carbocycles. The predicted octanol–water partition coefficient (Wildman–Crippen LogP) is 2.83. The Morgan fingerprint density at radius 3 is 2.81 bits per heavy atom. The number of amides is 1. The Labute approximate surface area is 149 Å². The lowest BCUT2D eigenvalue weighted by molar-refractivity contribution is 0.102. The molecule has 1 amide bonds. The van der Waals surface area contributed by atoms with E-state index in [9.17, 15) is 4.79 Å². The number of hydrogen-bond donors (Lipinski definition) is 1. The van der Waals surface area contributed by atoms with Crippen LogP contribution in [0, 0.1) is 6.92 Å². The molecule has 1 aromatic carbocycles. The summed E-state index contributed by atoms with van der Waals surface area (Å²) in [5, 5.41) is 8.22. The molecule has 4 rings (SSSR count). The van der Waals surface area contributed by atoms with Gasteiger partial charge in [-0.2, -0.15) is 5.10 Å². The number of carbonyl (C=O) groups is 1. The molecule has 3 aromatic heterocycles. The van der Waals surface area contributed by atoms with Crippen LogP contribution < -0.4 is 5.32 Å². The van der Waals surface area contributed by atoms with Crippen LogP contribution in [0.3, 0.4) is 0 Å². The predicted molar refractivity (Wildman–Crippen MR) is 97.8 cm³/mol. The fraction of sp³-hybridized carbons (Fsp3) is 0.105. The van der Waals surface area contributed by atoms with E-state index in [-0.39, 0.29) is 11.6 Å². The molecule has 0 saturated carbocycles. The molecule has 0 aliphatic heterocycles. The van der Waals surface area contributed by atoms with Crippen LogP contribution in [0.1, 0.15) is 21.7 Å². The zero-order valence-electron chi connectivity index (χ0n) is 14.1. The van der Waals surface area contributed by atoms with E-state index in [0.717, 1.165) is 22.2 Å². The number of aromatic nitrogens is 5. The second-order valence-corrected chi connectivity index (χ2v) is 5.89. The monoisotopic (exact) mass is 344 g/mol. The van der Waals surface area contributed by atoms with E-state index in [1.54, 1.807) is 23.1 Å². The van der Waals surface area contributed by atoms with E-state index < -0.39 is 0 Å². The first-order valence-electron chi connectivity index (χ1n) is 8.15. The summed E-state index contributed by atoms with van der Waals surface area (Å²) in [5.74, 6) is 0.125. The Kier molecular flexibility index (Phi) is 4.10. The summed E-state index contributed by atoms with van der Waals surface area (Å²) in [6.07, 6.45) is 6.60. The molecule has 1 N–H and O–H groups in total. The van der Waals surface area contributed by atoms with Crippen molar-refractivity contribution in [3.05, 3.63) is 78.1 Å². The molecule has 0 saturated heterocycles. The van der Waals surface area contributed by atoms with Gasteiger partial charge in [-0.05, 0) is 18.6 Å². The van der Waals surface area contributed by atoms with Gasteiger partial charge in [0.25, 0.3) is 5.91 Å². The van der Waals surface area contributed by atoms with Gasteiger partial charge in [-0.3, -0.25) is 19.4 Å². The van der Waals surface area contributed by atoms with Crippen LogP contribution in [0.25, 0.3) is 10.9 Å². The average Bonchev–Trinajstić information content (AvgIpc) is 3.09. The maximum absolute atomic E-state index is 12.2. The van der Waals surface area contributed by atoms with Gasteiger partial charge < -0.3 is 5.32 Å². The summed E-state index contributed by atoms with van der Waals surface area (Å²) < 4.78 is 1.76. The molecule has 0 fully saturated rings. The van der Waals surface area contributed by atoms with Crippen molar-refractivity contribution < 1.29 is 4.79 Å². The highest BCUT2D eigenvalue weighted by Gasteiger charge is 2.10. The summed E-state index contributed by atoms with van der Waals surface area (Å²) in [4.78, 5) is 24.8. The van der Waals surface area contributed by atoms with E-state index in [0.29, 0.717) is 12.4 Å². The van der Waals surface area contributed by atoms with Crippen LogP contribution in [0.4, 0.5) is 5.82 Å². The largest absolute Gasteiger partial charge is 0.304 e. The lowest BCUT2D eigenvalue weighted by atomic mass is 10.1. The third kappa shape index (κ3) is 3.27. The third-order valence-electron chi connectivity index (χ3n) is 3.94. The van der Waals surface area contributed by atoms with Crippen LogP contribution in [0.2, 0.25) is 0 Å². The summed E-state index contributed by atoms with van der Waals surface area (Å²) in [6.45, 7) is 2.38. The van der Waals surface area contributed by atoms with E-state index in [4.69, 9.17) is 0 Å². The number of carbonyl (C=O) groups excluding carboxylic acids is 1. The number of fused-ring (bicyclic) bond motifs is 1. The molecule has 3 heterocycles. The highest BCUT2D eigenvalue weighted by Crippen LogP contribution is 2.17. The van der Waals surface area contributed by atoms with Gasteiger partial charge in [-0.1, -0.05) is 24.3 Å². The number of nitrogens with one attached hydrogen (secondary N) is 1. The molecule has 4 aromatic rings. The number of anilines is 1. The molecule has 0 aliphatic rings. The highest BCUT2D eigenvalue weighted by atomic mass is 16.2. The Bertz CT molecular complexity index is 1070. The fourth-order valence-electron chi connectivity index (χ4n) is 2.68. The van der Waals surface area contributed by atoms with Gasteiger partial charge >= 0.3 is 0 Å². The Morgan fingerprint density at radius 2 is 1.96 bits per heavy atom. The van der Waals surface area contributed by atoms with Crippen molar-refractivity contribution in [1.29, 1.82) is 0 Å². The molecule has 0 spiro atoms. The SMILES string of the molecule is Cc1cnc(C(=O)Nc2ccn(Cc3cccc4cccnc34)n2)cn1. The molecular weight excluding hydrogens is 328 g/mol. The Morgan fingerprint density at radius 1 is 1.08 bits per heavy atom. The van der Waals surface area contributed by atoms with E-state index in [2.05, 4.69) is 25.4 Å². The molecule has 0 unspecified atom stereocenters. The maximum atomic E-state index is 12.2. The highest BCUT2D eigenvalue weighted by molar-refractivity contribution is 6.02. The topological polar surface area (TPSA) is 85.6 Å². The van der Waals surface area contributed by atoms with Crippen LogP contribution >= 0.6 is 0 Å². The standard InChI is InChI=1S/C19H16N6O/c1-13-10-22-16(11-21-13)19(26)23-17-7-9-25(24-17)12-15-5-2-4-14-6-3-8-20-18(14)15/h2-11H,12H2,1H3,(H,23,24,26). The first kappa shape index (κ1) is 15.9. The van der Waals surface area contributed by atoms with Crippen molar-refractivity contribution in [2.24, 2.45) is 0 Å². The third-order valence-corrected chi connectivity index (χ3v) is 3.94. The van der Waals surface area contributed by atoms with Gasteiger partial charge in [-0.15, -0.1) is 0 Å². The first-order valence-corrected chi connectivity index (χ1v) is 8.15. The number of hydrogen-bond acceptors (Lipinski definition) is 5. The number of benzene rings is 1. The minimum absolute atomic E-state index is 0.253. The molecular formula is C19H16N6O. The van der Waals surface area contributed by atoms with Gasteiger partial charge in [0, 0.05) is 30.0 Å². The molecule has 26 heavy (non-hydrogen) atoms. The number of nitrogens with zero attached hydrogens (tertiary/aromatic N) is 5. The Hall–Kier alpha value is -3.61. The van der Waals surface area contributed by atoms with Crippen molar-refractivity contribution >= 4 is 22.6 Å². The van der Waals surface area contributed by atoms with Crippen molar-refractivity contribution in [3.63, 3.8) is 0 Å². The number of pyridine rings is 1. The number of rotatable bonds is 4. The minimum atomic E-state index is -0.338. The van der Waals surface area contributed by atoms with Gasteiger partial charge in [0.2, 0.25) is 0 Å².